The molecule has 1 N–H and O–H groups in total. The third-order valence-corrected chi connectivity index (χ3v) is 4.01. The lowest BCUT2D eigenvalue weighted by Gasteiger charge is -2.35. The Labute approximate surface area is 99.3 Å². The monoisotopic (exact) mass is 223 g/mol. The molecule has 1 heterocycles. The van der Waals surface area contributed by atoms with Gasteiger partial charge in [-0.15, -0.1) is 0 Å². The lowest BCUT2D eigenvalue weighted by molar-refractivity contribution is 0.263. The summed E-state index contributed by atoms with van der Waals surface area (Å²) in [5.74, 6) is 0. The Morgan fingerprint density at radius 2 is 1.81 bits per heavy atom. The van der Waals surface area contributed by atoms with Crippen molar-refractivity contribution in [3.63, 3.8) is 0 Å². The first-order valence-corrected chi connectivity index (χ1v) is 6.13. The standard InChI is InChI=1S/C13H25N3/c1-7-13(5,8-2)16-10-15-9-11(16)12(3,4)14-6/h9-10,14H,7-8H2,1-6H3. The molecule has 1 rings (SSSR count). The summed E-state index contributed by atoms with van der Waals surface area (Å²) >= 11 is 0. The van der Waals surface area contributed by atoms with Crippen LogP contribution in [0.1, 0.15) is 53.2 Å². The van der Waals surface area contributed by atoms with E-state index in [1.54, 1.807) is 0 Å². The van der Waals surface area contributed by atoms with E-state index in [0.717, 1.165) is 12.8 Å². The number of hydrogen-bond donors (Lipinski definition) is 1. The van der Waals surface area contributed by atoms with Crippen LogP contribution in [0, 0.1) is 0 Å². The van der Waals surface area contributed by atoms with Crippen molar-refractivity contribution >= 4 is 0 Å². The van der Waals surface area contributed by atoms with Gasteiger partial charge < -0.3 is 9.88 Å². The van der Waals surface area contributed by atoms with Gasteiger partial charge in [0.15, 0.2) is 0 Å². The van der Waals surface area contributed by atoms with Crippen molar-refractivity contribution in [2.24, 2.45) is 0 Å². The Hall–Kier alpha value is -0.830. The molecule has 92 valence electrons. The van der Waals surface area contributed by atoms with Gasteiger partial charge in [0, 0.05) is 5.54 Å². The van der Waals surface area contributed by atoms with Crippen LogP contribution in [0.25, 0.3) is 0 Å². The fraction of sp³-hybridized carbons (Fsp3) is 0.769. The molecule has 0 amide bonds. The van der Waals surface area contributed by atoms with Gasteiger partial charge in [0.1, 0.15) is 0 Å². The van der Waals surface area contributed by atoms with Crippen LogP contribution < -0.4 is 5.32 Å². The normalized spacial score (nSPS) is 13.1. The van der Waals surface area contributed by atoms with Crippen LogP contribution in [-0.4, -0.2) is 16.6 Å². The minimum Gasteiger partial charge on any atom is -0.327 e. The van der Waals surface area contributed by atoms with Crippen LogP contribution in [0.4, 0.5) is 0 Å². The van der Waals surface area contributed by atoms with Crippen molar-refractivity contribution < 1.29 is 0 Å². The molecule has 0 atom stereocenters. The molecule has 0 fully saturated rings. The lowest BCUT2D eigenvalue weighted by Crippen LogP contribution is -2.40. The van der Waals surface area contributed by atoms with E-state index in [4.69, 9.17) is 0 Å². The van der Waals surface area contributed by atoms with Gasteiger partial charge in [0.25, 0.3) is 0 Å². The number of nitrogens with zero attached hydrogens (tertiary/aromatic N) is 2. The van der Waals surface area contributed by atoms with Gasteiger partial charge in [-0.2, -0.15) is 0 Å². The predicted octanol–water partition coefficient (Wildman–Crippen LogP) is 2.87. The van der Waals surface area contributed by atoms with E-state index in [2.05, 4.69) is 49.5 Å². The minimum atomic E-state index is -0.0396. The summed E-state index contributed by atoms with van der Waals surface area (Å²) < 4.78 is 2.32. The molecule has 1 aromatic rings. The van der Waals surface area contributed by atoms with Gasteiger partial charge in [-0.25, -0.2) is 4.98 Å². The largest absolute Gasteiger partial charge is 0.327 e. The predicted molar refractivity (Wildman–Crippen MR) is 68.5 cm³/mol. The third kappa shape index (κ3) is 2.14. The Morgan fingerprint density at radius 1 is 1.25 bits per heavy atom. The van der Waals surface area contributed by atoms with Crippen molar-refractivity contribution in [3.05, 3.63) is 18.2 Å². The molecule has 0 spiro atoms. The van der Waals surface area contributed by atoms with Crippen molar-refractivity contribution in [2.75, 3.05) is 7.05 Å². The molecule has 0 radical (unpaired) electrons. The maximum atomic E-state index is 4.32. The average Bonchev–Trinajstić information content (AvgIpc) is 2.78. The van der Waals surface area contributed by atoms with Crippen LogP contribution in [0.15, 0.2) is 12.5 Å². The Bertz CT molecular complexity index is 335. The van der Waals surface area contributed by atoms with E-state index in [0.29, 0.717) is 0 Å². The van der Waals surface area contributed by atoms with Crippen LogP contribution >= 0.6 is 0 Å². The molecule has 0 unspecified atom stereocenters. The zero-order valence-electron chi connectivity index (χ0n) is 11.5. The molecule has 0 aliphatic heterocycles. The van der Waals surface area contributed by atoms with Gasteiger partial charge in [-0.05, 0) is 40.7 Å². The average molecular weight is 223 g/mol. The molecular weight excluding hydrogens is 198 g/mol. The highest BCUT2D eigenvalue weighted by molar-refractivity contribution is 5.13. The van der Waals surface area contributed by atoms with Crippen molar-refractivity contribution in [1.29, 1.82) is 0 Å². The quantitative estimate of drug-likeness (QED) is 0.832. The molecule has 1 aromatic heterocycles. The van der Waals surface area contributed by atoms with Crippen LogP contribution in [0.2, 0.25) is 0 Å². The van der Waals surface area contributed by atoms with Gasteiger partial charge >= 0.3 is 0 Å². The van der Waals surface area contributed by atoms with E-state index in [1.807, 2.05) is 19.6 Å². The Balaban J connectivity index is 3.22. The molecule has 0 saturated carbocycles. The smallest absolute Gasteiger partial charge is 0.0953 e. The second-order valence-electron chi connectivity index (χ2n) is 5.23. The Kier molecular flexibility index (Phi) is 3.79. The second kappa shape index (κ2) is 4.58. The molecule has 0 aromatic carbocycles. The van der Waals surface area contributed by atoms with Crippen molar-refractivity contribution in [1.82, 2.24) is 14.9 Å². The number of imidazole rings is 1. The topological polar surface area (TPSA) is 29.9 Å². The summed E-state index contributed by atoms with van der Waals surface area (Å²) in [6.45, 7) is 11.1. The fourth-order valence-electron chi connectivity index (χ4n) is 1.91. The fourth-order valence-corrected chi connectivity index (χ4v) is 1.91. The third-order valence-electron chi connectivity index (χ3n) is 4.01. The molecule has 0 saturated heterocycles. The summed E-state index contributed by atoms with van der Waals surface area (Å²) in [6, 6.07) is 0. The van der Waals surface area contributed by atoms with E-state index in [9.17, 15) is 0 Å². The van der Waals surface area contributed by atoms with E-state index < -0.39 is 0 Å². The maximum absolute atomic E-state index is 4.32. The number of rotatable bonds is 5. The summed E-state index contributed by atoms with van der Waals surface area (Å²) in [5, 5.41) is 3.34. The van der Waals surface area contributed by atoms with Crippen LogP contribution in [0.5, 0.6) is 0 Å². The maximum Gasteiger partial charge on any atom is 0.0953 e. The summed E-state index contributed by atoms with van der Waals surface area (Å²) in [5.41, 5.74) is 1.38. The van der Waals surface area contributed by atoms with Gasteiger partial charge in [-0.1, -0.05) is 13.8 Å². The second-order valence-corrected chi connectivity index (χ2v) is 5.23. The van der Waals surface area contributed by atoms with Crippen molar-refractivity contribution in [3.8, 4) is 0 Å². The molecule has 3 heteroatoms. The molecule has 3 nitrogen and oxygen atoms in total. The van der Waals surface area contributed by atoms with Crippen molar-refractivity contribution in [2.45, 2.75) is 58.5 Å². The first-order valence-electron chi connectivity index (χ1n) is 6.13. The highest BCUT2D eigenvalue weighted by atomic mass is 15.1. The SMILES string of the molecule is CCC(C)(CC)n1cncc1C(C)(C)NC. The van der Waals surface area contributed by atoms with E-state index in [-0.39, 0.29) is 11.1 Å². The number of aromatic nitrogens is 2. The number of hydrogen-bond acceptors (Lipinski definition) is 2. The highest BCUT2D eigenvalue weighted by Crippen LogP contribution is 2.30. The zero-order valence-corrected chi connectivity index (χ0v) is 11.5. The summed E-state index contributed by atoms with van der Waals surface area (Å²) in [4.78, 5) is 4.32. The highest BCUT2D eigenvalue weighted by Gasteiger charge is 2.30. The van der Waals surface area contributed by atoms with E-state index in [1.165, 1.54) is 5.69 Å². The van der Waals surface area contributed by atoms with E-state index >= 15 is 0 Å². The van der Waals surface area contributed by atoms with Crippen LogP contribution in [0.3, 0.4) is 0 Å². The van der Waals surface area contributed by atoms with Gasteiger partial charge in [0.2, 0.25) is 0 Å². The minimum absolute atomic E-state index is 0.0396. The van der Waals surface area contributed by atoms with Gasteiger partial charge in [0.05, 0.1) is 23.8 Å². The molecular formula is C13H25N3. The number of nitrogens with one attached hydrogen (secondary N) is 1. The first kappa shape index (κ1) is 13.2. The molecule has 0 aliphatic rings. The van der Waals surface area contributed by atoms with Gasteiger partial charge in [-0.3, -0.25) is 0 Å². The molecule has 0 bridgehead atoms. The molecule has 0 aliphatic carbocycles. The Morgan fingerprint density at radius 3 is 2.25 bits per heavy atom. The summed E-state index contributed by atoms with van der Waals surface area (Å²) in [6.07, 6.45) is 6.17. The lowest BCUT2D eigenvalue weighted by atomic mass is 9.92. The van der Waals surface area contributed by atoms with Crippen LogP contribution in [-0.2, 0) is 11.1 Å². The summed E-state index contributed by atoms with van der Waals surface area (Å²) in [7, 11) is 1.99. The first-order chi connectivity index (χ1) is 7.41. The molecule has 16 heavy (non-hydrogen) atoms. The zero-order chi connectivity index (χ0) is 12.4.